The van der Waals surface area contributed by atoms with Crippen LogP contribution in [-0.2, 0) is 6.54 Å². The van der Waals surface area contributed by atoms with Gasteiger partial charge in [-0.25, -0.2) is 0 Å². The van der Waals surface area contributed by atoms with E-state index in [0.29, 0.717) is 23.4 Å². The summed E-state index contributed by atoms with van der Waals surface area (Å²) in [6.07, 6.45) is 3.80. The molecule has 2 aromatic carbocycles. The van der Waals surface area contributed by atoms with E-state index < -0.39 is 0 Å². The normalized spacial score (nSPS) is 20.9. The smallest absolute Gasteiger partial charge is 0.165 e. The summed E-state index contributed by atoms with van der Waals surface area (Å²) >= 11 is 6.14. The van der Waals surface area contributed by atoms with Crippen molar-refractivity contribution in [1.82, 2.24) is 9.80 Å². The zero-order valence-electron chi connectivity index (χ0n) is 15.8. The van der Waals surface area contributed by atoms with Crippen molar-refractivity contribution in [3.8, 4) is 22.6 Å². The van der Waals surface area contributed by atoms with Crippen LogP contribution in [0.5, 0.6) is 11.5 Å². The van der Waals surface area contributed by atoms with Crippen molar-refractivity contribution in [3.63, 3.8) is 0 Å². The first-order valence-electron chi connectivity index (χ1n) is 9.77. The molecule has 0 spiro atoms. The number of rotatable bonds is 4. The average molecular weight is 387 g/mol. The van der Waals surface area contributed by atoms with Crippen molar-refractivity contribution < 1.29 is 9.84 Å². The van der Waals surface area contributed by atoms with Crippen molar-refractivity contribution in [2.24, 2.45) is 0 Å². The zero-order valence-corrected chi connectivity index (χ0v) is 16.6. The Labute approximate surface area is 166 Å². The Balaban J connectivity index is 1.53. The van der Waals surface area contributed by atoms with E-state index in [4.69, 9.17) is 16.3 Å². The summed E-state index contributed by atoms with van der Waals surface area (Å²) in [6, 6.07) is 12.3. The Kier molecular flexibility index (Phi) is 5.58. The van der Waals surface area contributed by atoms with Crippen LogP contribution in [0.3, 0.4) is 0 Å². The number of phenolic OH excluding ortho intramolecular Hbond substituents is 1. The second-order valence-corrected chi connectivity index (χ2v) is 8.12. The Morgan fingerprint density at radius 2 is 2.07 bits per heavy atom. The van der Waals surface area contributed by atoms with Gasteiger partial charge < -0.3 is 14.7 Å². The topological polar surface area (TPSA) is 35.9 Å². The Morgan fingerprint density at radius 3 is 2.85 bits per heavy atom. The molecule has 144 valence electrons. The highest BCUT2D eigenvalue weighted by atomic mass is 35.5. The summed E-state index contributed by atoms with van der Waals surface area (Å²) in [5.41, 5.74) is 3.01. The Hall–Kier alpha value is -1.75. The maximum Gasteiger partial charge on any atom is 0.165 e. The van der Waals surface area contributed by atoms with Gasteiger partial charge in [-0.3, -0.25) is 4.90 Å². The summed E-state index contributed by atoms with van der Waals surface area (Å²) in [5, 5.41) is 11.2. The lowest BCUT2D eigenvalue weighted by Crippen LogP contribution is -2.32. The molecule has 1 fully saturated rings. The minimum atomic E-state index is 0.208. The fourth-order valence-electron chi connectivity index (χ4n) is 4.25. The number of halogens is 1. The van der Waals surface area contributed by atoms with E-state index >= 15 is 0 Å². The first-order valence-corrected chi connectivity index (χ1v) is 10.1. The number of aromatic hydroxyl groups is 1. The highest BCUT2D eigenvalue weighted by molar-refractivity contribution is 6.30. The number of benzene rings is 2. The zero-order chi connectivity index (χ0) is 18.8. The van der Waals surface area contributed by atoms with Gasteiger partial charge in [-0.05, 0) is 68.2 Å². The maximum atomic E-state index is 10.5. The number of hydrogen-bond acceptors (Lipinski definition) is 4. The molecule has 2 aromatic rings. The van der Waals surface area contributed by atoms with Crippen LogP contribution in [0.25, 0.3) is 11.1 Å². The van der Waals surface area contributed by atoms with Crippen LogP contribution < -0.4 is 4.74 Å². The minimum absolute atomic E-state index is 0.208. The third-order valence-corrected chi connectivity index (χ3v) is 6.04. The molecule has 0 saturated carbocycles. The van der Waals surface area contributed by atoms with Gasteiger partial charge in [-0.2, -0.15) is 0 Å². The SMILES string of the molecule is CN1CCCC1CCN1CCOc2c(O)cc(-c3cccc(Cl)c3)cc2C1. The molecule has 5 heteroatoms. The van der Waals surface area contributed by atoms with Crippen molar-refractivity contribution in [3.05, 3.63) is 47.0 Å². The number of ether oxygens (including phenoxy) is 1. The molecule has 4 rings (SSSR count). The molecule has 1 atom stereocenters. The van der Waals surface area contributed by atoms with Gasteiger partial charge >= 0.3 is 0 Å². The molecule has 0 aromatic heterocycles. The van der Waals surface area contributed by atoms with Crippen molar-refractivity contribution in [2.45, 2.75) is 31.8 Å². The highest BCUT2D eigenvalue weighted by Crippen LogP contribution is 2.38. The summed E-state index contributed by atoms with van der Waals surface area (Å²) in [6.45, 7) is 4.57. The van der Waals surface area contributed by atoms with Gasteiger partial charge in [0.25, 0.3) is 0 Å². The van der Waals surface area contributed by atoms with Gasteiger partial charge in [-0.15, -0.1) is 0 Å². The van der Waals surface area contributed by atoms with Crippen LogP contribution in [0, 0.1) is 0 Å². The molecular formula is C22H27ClN2O2. The van der Waals surface area contributed by atoms with E-state index in [2.05, 4.69) is 22.9 Å². The van der Waals surface area contributed by atoms with Crippen LogP contribution in [-0.4, -0.2) is 54.2 Å². The monoisotopic (exact) mass is 386 g/mol. The quantitative estimate of drug-likeness (QED) is 0.845. The average Bonchev–Trinajstić information content (AvgIpc) is 2.94. The number of likely N-dealkylation sites (tertiary alicyclic amines) is 1. The molecular weight excluding hydrogens is 360 g/mol. The van der Waals surface area contributed by atoms with E-state index in [-0.39, 0.29) is 5.75 Å². The molecule has 2 heterocycles. The second kappa shape index (κ2) is 8.09. The third kappa shape index (κ3) is 4.23. The molecule has 2 aliphatic heterocycles. The molecule has 4 nitrogen and oxygen atoms in total. The lowest BCUT2D eigenvalue weighted by atomic mass is 10.0. The van der Waals surface area contributed by atoms with Gasteiger partial charge in [-0.1, -0.05) is 23.7 Å². The second-order valence-electron chi connectivity index (χ2n) is 7.68. The van der Waals surface area contributed by atoms with E-state index in [1.165, 1.54) is 25.8 Å². The van der Waals surface area contributed by atoms with E-state index in [0.717, 1.165) is 36.3 Å². The molecule has 1 N–H and O–H groups in total. The molecule has 1 unspecified atom stereocenters. The lowest BCUT2D eigenvalue weighted by molar-refractivity contribution is 0.197. The van der Waals surface area contributed by atoms with Crippen molar-refractivity contribution >= 4 is 11.6 Å². The fourth-order valence-corrected chi connectivity index (χ4v) is 4.44. The summed E-state index contributed by atoms with van der Waals surface area (Å²) in [7, 11) is 2.23. The van der Waals surface area contributed by atoms with Crippen LogP contribution in [0.4, 0.5) is 0 Å². The first-order chi connectivity index (χ1) is 13.1. The lowest BCUT2D eigenvalue weighted by Gasteiger charge is -2.24. The van der Waals surface area contributed by atoms with Gasteiger partial charge in [0.05, 0.1) is 0 Å². The number of hydrogen-bond donors (Lipinski definition) is 1. The molecule has 2 aliphatic rings. The maximum absolute atomic E-state index is 10.5. The van der Waals surface area contributed by atoms with Gasteiger partial charge in [0.2, 0.25) is 0 Å². The molecule has 0 radical (unpaired) electrons. The van der Waals surface area contributed by atoms with Crippen molar-refractivity contribution in [2.75, 3.05) is 33.3 Å². The van der Waals surface area contributed by atoms with Crippen LogP contribution >= 0.6 is 11.6 Å². The van der Waals surface area contributed by atoms with E-state index in [1.54, 1.807) is 6.07 Å². The van der Waals surface area contributed by atoms with Crippen molar-refractivity contribution in [1.29, 1.82) is 0 Å². The van der Waals surface area contributed by atoms with Crippen LogP contribution in [0.2, 0.25) is 5.02 Å². The van der Waals surface area contributed by atoms with E-state index in [1.807, 2.05) is 24.3 Å². The molecule has 0 bridgehead atoms. The highest BCUT2D eigenvalue weighted by Gasteiger charge is 2.24. The Bertz CT molecular complexity index is 811. The minimum Gasteiger partial charge on any atom is -0.504 e. The van der Waals surface area contributed by atoms with Crippen LogP contribution in [0.1, 0.15) is 24.8 Å². The van der Waals surface area contributed by atoms with Gasteiger partial charge in [0.15, 0.2) is 11.5 Å². The standard InChI is InChI=1S/C22H27ClN2O2/c1-24-8-3-6-20(24)7-9-25-10-11-27-22-18(15-25)12-17(14-21(22)26)16-4-2-5-19(23)13-16/h2,4-5,12-14,20,26H,3,6-11,15H2,1H3. The molecule has 0 amide bonds. The largest absolute Gasteiger partial charge is 0.504 e. The summed E-state index contributed by atoms with van der Waals surface area (Å²) in [4.78, 5) is 4.92. The Morgan fingerprint density at radius 1 is 1.19 bits per heavy atom. The van der Waals surface area contributed by atoms with Gasteiger partial charge in [0.1, 0.15) is 6.61 Å². The first kappa shape index (κ1) is 18.6. The molecule has 0 aliphatic carbocycles. The van der Waals surface area contributed by atoms with Gasteiger partial charge in [0, 0.05) is 36.3 Å². The number of phenols is 1. The fraction of sp³-hybridized carbons (Fsp3) is 0.455. The number of nitrogens with zero attached hydrogens (tertiary/aromatic N) is 2. The predicted octanol–water partition coefficient (Wildman–Crippen LogP) is 4.39. The summed E-state index contributed by atoms with van der Waals surface area (Å²) < 4.78 is 5.89. The number of fused-ring (bicyclic) bond motifs is 1. The van der Waals surface area contributed by atoms with E-state index in [9.17, 15) is 5.11 Å². The summed E-state index contributed by atoms with van der Waals surface area (Å²) in [5.74, 6) is 0.834. The molecule has 27 heavy (non-hydrogen) atoms. The third-order valence-electron chi connectivity index (χ3n) is 5.80. The molecule has 1 saturated heterocycles. The predicted molar refractivity (Wildman–Crippen MR) is 110 cm³/mol. The van der Waals surface area contributed by atoms with Crippen LogP contribution in [0.15, 0.2) is 36.4 Å².